The molecule has 110 valence electrons. The Morgan fingerprint density at radius 1 is 1.29 bits per heavy atom. The van der Waals surface area contributed by atoms with E-state index in [2.05, 4.69) is 10.1 Å². The molecule has 21 heavy (non-hydrogen) atoms. The van der Waals surface area contributed by atoms with Crippen LogP contribution in [0.15, 0.2) is 40.8 Å². The van der Waals surface area contributed by atoms with Crippen molar-refractivity contribution in [3.63, 3.8) is 0 Å². The monoisotopic (exact) mass is 293 g/mol. The summed E-state index contributed by atoms with van der Waals surface area (Å²) in [4.78, 5) is 22.6. The number of amides is 1. The van der Waals surface area contributed by atoms with Gasteiger partial charge in [0.25, 0.3) is 11.9 Å². The maximum atomic E-state index is 13.0. The lowest BCUT2D eigenvalue weighted by Crippen LogP contribution is -2.29. The maximum absolute atomic E-state index is 13.0. The van der Waals surface area contributed by atoms with Crippen LogP contribution in [0.2, 0.25) is 0 Å². The van der Waals surface area contributed by atoms with Crippen LogP contribution in [-0.4, -0.2) is 25.5 Å². The van der Waals surface area contributed by atoms with Gasteiger partial charge in [-0.1, -0.05) is 6.07 Å². The van der Waals surface area contributed by atoms with E-state index in [4.69, 9.17) is 9.15 Å². The first-order chi connectivity index (χ1) is 10.1. The average Bonchev–Trinajstić information content (AvgIpc) is 2.93. The first-order valence-corrected chi connectivity index (χ1v) is 5.97. The van der Waals surface area contributed by atoms with Gasteiger partial charge in [0.1, 0.15) is 18.1 Å². The molecule has 1 aromatic carbocycles. The molecule has 1 aromatic heterocycles. The zero-order chi connectivity index (χ0) is 15.2. The molecule has 1 N–H and O–H groups in total. The van der Waals surface area contributed by atoms with Gasteiger partial charge in [0, 0.05) is 12.1 Å². The normalized spacial score (nSPS) is 10.0. The Balaban J connectivity index is 1.98. The van der Waals surface area contributed by atoms with Crippen molar-refractivity contribution >= 4 is 11.9 Å². The third kappa shape index (κ3) is 4.07. The van der Waals surface area contributed by atoms with Crippen LogP contribution in [-0.2, 0) is 9.53 Å². The number of esters is 1. The molecule has 0 saturated heterocycles. The van der Waals surface area contributed by atoms with Crippen LogP contribution in [0.1, 0.15) is 10.6 Å². The summed E-state index contributed by atoms with van der Waals surface area (Å²) in [5, 5.41) is 2.31. The van der Waals surface area contributed by atoms with Gasteiger partial charge in [-0.3, -0.25) is 9.59 Å². The summed E-state index contributed by atoms with van der Waals surface area (Å²) in [7, 11) is 1.21. The van der Waals surface area contributed by atoms with Crippen LogP contribution in [0.25, 0.3) is 0 Å². The first kappa shape index (κ1) is 14.6. The topological polar surface area (TPSA) is 77.8 Å². The Morgan fingerprint density at radius 3 is 2.81 bits per heavy atom. The summed E-state index contributed by atoms with van der Waals surface area (Å²) < 4.78 is 27.8. The molecule has 7 heteroatoms. The molecule has 6 nitrogen and oxygen atoms in total. The SMILES string of the molecule is COC(=O)CNC(=O)c1ccc(Oc2cccc(F)c2)o1. The van der Waals surface area contributed by atoms with Crippen molar-refractivity contribution in [2.24, 2.45) is 0 Å². The minimum atomic E-state index is -0.588. The summed E-state index contributed by atoms with van der Waals surface area (Å²) in [6.45, 7) is -0.268. The first-order valence-electron chi connectivity index (χ1n) is 5.97. The highest BCUT2D eigenvalue weighted by atomic mass is 19.1. The van der Waals surface area contributed by atoms with Crippen molar-refractivity contribution in [3.05, 3.63) is 48.0 Å². The number of carbonyl (C=O) groups is 2. The van der Waals surface area contributed by atoms with E-state index >= 15 is 0 Å². The number of ether oxygens (including phenoxy) is 2. The molecule has 0 aliphatic rings. The van der Waals surface area contributed by atoms with Gasteiger partial charge in [-0.25, -0.2) is 4.39 Å². The molecule has 1 amide bonds. The second-order valence-corrected chi connectivity index (χ2v) is 3.94. The van der Waals surface area contributed by atoms with Gasteiger partial charge in [-0.2, -0.15) is 0 Å². The highest BCUT2D eigenvalue weighted by Gasteiger charge is 2.13. The number of halogens is 1. The van der Waals surface area contributed by atoms with Crippen molar-refractivity contribution in [3.8, 4) is 11.7 Å². The zero-order valence-corrected chi connectivity index (χ0v) is 11.1. The molecule has 0 aliphatic heterocycles. The number of methoxy groups -OCH3 is 1. The second kappa shape index (κ2) is 6.56. The maximum Gasteiger partial charge on any atom is 0.325 e. The molecular weight excluding hydrogens is 281 g/mol. The Kier molecular flexibility index (Phi) is 4.55. The molecule has 0 radical (unpaired) electrons. The van der Waals surface area contributed by atoms with E-state index in [1.54, 1.807) is 6.07 Å². The molecule has 0 fully saturated rings. The van der Waals surface area contributed by atoms with Gasteiger partial charge in [0.15, 0.2) is 5.76 Å². The number of hydrogen-bond acceptors (Lipinski definition) is 5. The Hall–Kier alpha value is -2.83. The number of benzene rings is 1. The van der Waals surface area contributed by atoms with E-state index in [1.165, 1.54) is 37.4 Å². The van der Waals surface area contributed by atoms with Gasteiger partial charge in [0.05, 0.1) is 7.11 Å². The number of carbonyl (C=O) groups excluding carboxylic acids is 2. The molecule has 0 saturated carbocycles. The van der Waals surface area contributed by atoms with Gasteiger partial charge in [0.2, 0.25) is 0 Å². The van der Waals surface area contributed by atoms with Gasteiger partial charge in [-0.15, -0.1) is 0 Å². The minimum Gasteiger partial charge on any atom is -0.468 e. The number of nitrogens with one attached hydrogen (secondary N) is 1. The number of furan rings is 1. The summed E-state index contributed by atoms with van der Waals surface area (Å²) in [5.74, 6) is -1.38. The van der Waals surface area contributed by atoms with Crippen LogP contribution < -0.4 is 10.1 Å². The molecule has 2 rings (SSSR count). The fourth-order valence-electron chi connectivity index (χ4n) is 1.46. The Bertz CT molecular complexity index is 652. The zero-order valence-electron chi connectivity index (χ0n) is 11.1. The highest BCUT2D eigenvalue weighted by molar-refractivity contribution is 5.93. The molecule has 0 unspecified atom stereocenters. The van der Waals surface area contributed by atoms with Crippen LogP contribution in [0, 0.1) is 5.82 Å². The van der Waals surface area contributed by atoms with Gasteiger partial charge in [-0.05, 0) is 18.2 Å². The minimum absolute atomic E-state index is 0.0313. The van der Waals surface area contributed by atoms with E-state index < -0.39 is 17.7 Å². The van der Waals surface area contributed by atoms with Crippen molar-refractivity contribution in [2.75, 3.05) is 13.7 Å². The summed E-state index contributed by atoms with van der Waals surface area (Å²) in [6.07, 6.45) is 0. The fraction of sp³-hybridized carbons (Fsp3) is 0.143. The second-order valence-electron chi connectivity index (χ2n) is 3.94. The molecule has 2 aromatic rings. The molecule has 0 spiro atoms. The van der Waals surface area contributed by atoms with Crippen LogP contribution in [0.3, 0.4) is 0 Å². The third-order valence-electron chi connectivity index (χ3n) is 2.44. The molecule has 1 heterocycles. The van der Waals surface area contributed by atoms with Gasteiger partial charge >= 0.3 is 5.97 Å². The summed E-state index contributed by atoms with van der Waals surface area (Å²) in [6, 6.07) is 8.28. The number of rotatable bonds is 5. The lowest BCUT2D eigenvalue weighted by Gasteiger charge is -2.02. The van der Waals surface area contributed by atoms with Crippen molar-refractivity contribution < 1.29 is 27.9 Å². The largest absolute Gasteiger partial charge is 0.468 e. The summed E-state index contributed by atoms with van der Waals surface area (Å²) >= 11 is 0. The molecular formula is C14H12FNO5. The lowest BCUT2D eigenvalue weighted by atomic mass is 10.3. The fourth-order valence-corrected chi connectivity index (χ4v) is 1.46. The van der Waals surface area contributed by atoms with Crippen molar-refractivity contribution in [2.45, 2.75) is 0 Å². The summed E-state index contributed by atoms with van der Waals surface area (Å²) in [5.41, 5.74) is 0. The smallest absolute Gasteiger partial charge is 0.325 e. The van der Waals surface area contributed by atoms with Gasteiger partial charge < -0.3 is 19.2 Å². The van der Waals surface area contributed by atoms with E-state index in [9.17, 15) is 14.0 Å². The van der Waals surface area contributed by atoms with Crippen LogP contribution >= 0.6 is 0 Å². The van der Waals surface area contributed by atoms with Crippen LogP contribution in [0.4, 0.5) is 4.39 Å². The Labute approximate surface area is 119 Å². The van der Waals surface area contributed by atoms with Crippen molar-refractivity contribution in [1.29, 1.82) is 0 Å². The predicted molar refractivity (Wildman–Crippen MR) is 69.5 cm³/mol. The molecule has 0 aliphatic carbocycles. The predicted octanol–water partition coefficient (Wildman–Crippen LogP) is 2.11. The van der Waals surface area contributed by atoms with Crippen LogP contribution in [0.5, 0.6) is 11.7 Å². The van der Waals surface area contributed by atoms with Crippen molar-refractivity contribution in [1.82, 2.24) is 5.32 Å². The lowest BCUT2D eigenvalue weighted by molar-refractivity contribution is -0.139. The number of hydrogen-bond donors (Lipinski definition) is 1. The highest BCUT2D eigenvalue weighted by Crippen LogP contribution is 2.24. The van der Waals surface area contributed by atoms with E-state index in [0.717, 1.165) is 0 Å². The Morgan fingerprint density at radius 2 is 2.10 bits per heavy atom. The third-order valence-corrected chi connectivity index (χ3v) is 2.44. The van der Waals surface area contributed by atoms with E-state index in [0.29, 0.717) is 0 Å². The average molecular weight is 293 g/mol. The van der Waals surface area contributed by atoms with E-state index in [-0.39, 0.29) is 24.0 Å². The molecule has 0 bridgehead atoms. The quantitative estimate of drug-likeness (QED) is 0.854. The molecule has 0 atom stereocenters. The standard InChI is InChI=1S/C14H12FNO5/c1-19-12(17)8-16-14(18)11-5-6-13(21-11)20-10-4-2-3-9(15)7-10/h2-7H,8H2,1H3,(H,16,18). The van der Waals surface area contributed by atoms with E-state index in [1.807, 2.05) is 0 Å².